The zero-order chi connectivity index (χ0) is 16.0. The van der Waals surface area contributed by atoms with Crippen LogP contribution in [0.25, 0.3) is 0 Å². The highest BCUT2D eigenvalue weighted by Crippen LogP contribution is 2.03. The number of primary amides is 1. The summed E-state index contributed by atoms with van der Waals surface area (Å²) in [7, 11) is 1.50. The molecule has 3 amide bonds. The molecule has 1 aromatic rings. The Morgan fingerprint density at radius 1 is 1.43 bits per heavy atom. The summed E-state index contributed by atoms with van der Waals surface area (Å²) in [6.07, 6.45) is -0.461. The Morgan fingerprint density at radius 3 is 2.62 bits per heavy atom. The number of carbonyl (C=O) groups excluding carboxylic acids is 2. The first-order valence-electron chi connectivity index (χ1n) is 6.25. The van der Waals surface area contributed by atoms with Gasteiger partial charge in [0.05, 0.1) is 18.7 Å². The Kier molecular flexibility index (Phi) is 5.65. The van der Waals surface area contributed by atoms with Crippen molar-refractivity contribution in [2.24, 2.45) is 5.73 Å². The molecule has 1 rings (SSSR count). The van der Waals surface area contributed by atoms with Gasteiger partial charge in [0.15, 0.2) is 0 Å². The van der Waals surface area contributed by atoms with Crippen molar-refractivity contribution in [2.45, 2.75) is 25.9 Å². The Labute approximate surface area is 121 Å². The van der Waals surface area contributed by atoms with E-state index in [4.69, 9.17) is 10.8 Å². The van der Waals surface area contributed by atoms with Crippen molar-refractivity contribution in [3.63, 3.8) is 0 Å². The number of nitrogens with two attached hydrogens (primary N) is 1. The second-order valence-electron chi connectivity index (χ2n) is 4.64. The average Bonchev–Trinajstić information content (AvgIpc) is 2.37. The third-order valence-electron chi connectivity index (χ3n) is 2.69. The van der Waals surface area contributed by atoms with Crippen molar-refractivity contribution in [3.8, 4) is 0 Å². The van der Waals surface area contributed by atoms with Crippen LogP contribution < -0.4 is 11.1 Å². The predicted octanol–water partition coefficient (Wildman–Crippen LogP) is -0.140. The lowest BCUT2D eigenvalue weighted by atomic mass is 10.2. The molecule has 0 aliphatic rings. The number of nitrogens with one attached hydrogen (secondary N) is 1. The fourth-order valence-electron chi connectivity index (χ4n) is 1.66. The van der Waals surface area contributed by atoms with Crippen LogP contribution in [0.4, 0.5) is 4.79 Å². The van der Waals surface area contributed by atoms with Crippen molar-refractivity contribution >= 4 is 17.9 Å². The SMILES string of the molecule is Cc1cccc(CN(C)C(=O)NC(CC(N)=O)C(=O)O)n1. The maximum atomic E-state index is 11.9. The Morgan fingerprint density at radius 2 is 2.10 bits per heavy atom. The number of nitrogens with zero attached hydrogens (tertiary/aromatic N) is 2. The molecule has 8 heteroatoms. The molecule has 1 aromatic heterocycles. The second-order valence-corrected chi connectivity index (χ2v) is 4.64. The highest BCUT2D eigenvalue weighted by molar-refractivity contribution is 5.87. The molecule has 1 atom stereocenters. The van der Waals surface area contributed by atoms with Gasteiger partial charge in [-0.3, -0.25) is 9.78 Å². The van der Waals surface area contributed by atoms with Gasteiger partial charge in [0.1, 0.15) is 6.04 Å². The van der Waals surface area contributed by atoms with Crippen LogP contribution in [0.3, 0.4) is 0 Å². The van der Waals surface area contributed by atoms with Crippen molar-refractivity contribution < 1.29 is 19.5 Å². The zero-order valence-electron chi connectivity index (χ0n) is 11.9. The summed E-state index contributed by atoms with van der Waals surface area (Å²) < 4.78 is 0. The molecule has 0 spiro atoms. The first-order chi connectivity index (χ1) is 9.79. The average molecular weight is 294 g/mol. The molecule has 1 heterocycles. The van der Waals surface area contributed by atoms with Crippen LogP contribution in [0.5, 0.6) is 0 Å². The quantitative estimate of drug-likeness (QED) is 0.673. The standard InChI is InChI=1S/C13H18N4O4/c1-8-4-3-5-9(15-8)7-17(2)13(21)16-10(12(19)20)6-11(14)18/h3-5,10H,6-7H2,1-2H3,(H2,14,18)(H,16,21)(H,19,20). The lowest BCUT2D eigenvalue weighted by molar-refractivity contribution is -0.140. The van der Waals surface area contributed by atoms with Gasteiger partial charge in [0.25, 0.3) is 0 Å². The molecule has 0 saturated carbocycles. The minimum Gasteiger partial charge on any atom is -0.480 e. The molecular formula is C13H18N4O4. The number of aliphatic carboxylic acids is 1. The van der Waals surface area contributed by atoms with Crippen LogP contribution in [0, 0.1) is 6.92 Å². The molecule has 0 fully saturated rings. The van der Waals surface area contributed by atoms with E-state index in [1.54, 1.807) is 6.07 Å². The lowest BCUT2D eigenvalue weighted by Crippen LogP contribution is -2.48. The number of hydrogen-bond donors (Lipinski definition) is 3. The highest BCUT2D eigenvalue weighted by Gasteiger charge is 2.23. The fraction of sp³-hybridized carbons (Fsp3) is 0.385. The van der Waals surface area contributed by atoms with Crippen LogP contribution in [-0.2, 0) is 16.1 Å². The third kappa shape index (κ3) is 5.47. The van der Waals surface area contributed by atoms with Gasteiger partial charge >= 0.3 is 12.0 Å². The molecule has 0 aliphatic carbocycles. The number of carboxylic acid groups (broad SMARTS) is 1. The summed E-state index contributed by atoms with van der Waals surface area (Å²) in [4.78, 5) is 39.1. The minimum atomic E-state index is -1.34. The Hall–Kier alpha value is -2.64. The predicted molar refractivity (Wildman–Crippen MR) is 74.2 cm³/mol. The molecule has 114 valence electrons. The smallest absolute Gasteiger partial charge is 0.326 e. The number of rotatable bonds is 6. The number of urea groups is 1. The number of hydrogen-bond acceptors (Lipinski definition) is 4. The van der Waals surface area contributed by atoms with E-state index in [-0.39, 0.29) is 6.54 Å². The summed E-state index contributed by atoms with van der Waals surface area (Å²) in [5.41, 5.74) is 6.44. The van der Waals surface area contributed by atoms with E-state index >= 15 is 0 Å². The number of aryl methyl sites for hydroxylation is 1. The van der Waals surface area contributed by atoms with E-state index in [0.717, 1.165) is 5.69 Å². The summed E-state index contributed by atoms with van der Waals surface area (Å²) in [6, 6.07) is 3.44. The number of carboxylic acids is 1. The number of amides is 3. The van der Waals surface area contributed by atoms with Gasteiger partial charge in [-0.2, -0.15) is 0 Å². The van der Waals surface area contributed by atoms with Gasteiger partial charge in [-0.15, -0.1) is 0 Å². The minimum absolute atomic E-state index is 0.219. The van der Waals surface area contributed by atoms with E-state index in [9.17, 15) is 14.4 Å². The maximum Gasteiger partial charge on any atom is 0.326 e. The summed E-state index contributed by atoms with van der Waals surface area (Å²) >= 11 is 0. The molecular weight excluding hydrogens is 276 g/mol. The molecule has 0 aromatic carbocycles. The normalized spacial score (nSPS) is 11.5. The van der Waals surface area contributed by atoms with Gasteiger partial charge in [-0.25, -0.2) is 9.59 Å². The van der Waals surface area contributed by atoms with Gasteiger partial charge < -0.3 is 21.1 Å². The molecule has 0 saturated heterocycles. The number of pyridine rings is 1. The van der Waals surface area contributed by atoms with E-state index in [2.05, 4.69) is 10.3 Å². The lowest BCUT2D eigenvalue weighted by Gasteiger charge is -2.20. The van der Waals surface area contributed by atoms with Crippen molar-refractivity contribution in [2.75, 3.05) is 7.05 Å². The van der Waals surface area contributed by atoms with Crippen molar-refractivity contribution in [1.82, 2.24) is 15.2 Å². The van der Waals surface area contributed by atoms with E-state index < -0.39 is 30.4 Å². The molecule has 0 radical (unpaired) electrons. The number of aromatic nitrogens is 1. The van der Waals surface area contributed by atoms with E-state index in [1.807, 2.05) is 19.1 Å². The summed E-state index contributed by atoms with van der Waals surface area (Å²) in [6.45, 7) is 2.05. The van der Waals surface area contributed by atoms with Crippen LogP contribution in [-0.4, -0.2) is 46.0 Å². The highest BCUT2D eigenvalue weighted by atomic mass is 16.4. The van der Waals surface area contributed by atoms with Gasteiger partial charge in [-0.1, -0.05) is 6.07 Å². The summed E-state index contributed by atoms with van der Waals surface area (Å²) in [5, 5.41) is 11.2. The number of carbonyl (C=O) groups is 3. The Balaban J connectivity index is 2.64. The molecule has 0 bridgehead atoms. The van der Waals surface area contributed by atoms with Crippen molar-refractivity contribution in [3.05, 3.63) is 29.6 Å². The van der Waals surface area contributed by atoms with Crippen molar-refractivity contribution in [1.29, 1.82) is 0 Å². The van der Waals surface area contributed by atoms with Gasteiger partial charge in [0.2, 0.25) is 5.91 Å². The molecule has 0 aliphatic heterocycles. The molecule has 4 N–H and O–H groups in total. The van der Waals surface area contributed by atoms with E-state index in [0.29, 0.717) is 5.69 Å². The molecule has 8 nitrogen and oxygen atoms in total. The van der Waals surface area contributed by atoms with Crippen LogP contribution in [0.2, 0.25) is 0 Å². The largest absolute Gasteiger partial charge is 0.480 e. The third-order valence-corrected chi connectivity index (χ3v) is 2.69. The first-order valence-corrected chi connectivity index (χ1v) is 6.25. The van der Waals surface area contributed by atoms with E-state index in [1.165, 1.54) is 11.9 Å². The maximum absolute atomic E-state index is 11.9. The summed E-state index contributed by atoms with van der Waals surface area (Å²) in [5.74, 6) is -2.12. The Bertz CT molecular complexity index is 547. The van der Waals surface area contributed by atoms with Gasteiger partial charge in [-0.05, 0) is 19.1 Å². The molecule has 1 unspecified atom stereocenters. The fourth-order valence-corrected chi connectivity index (χ4v) is 1.66. The zero-order valence-corrected chi connectivity index (χ0v) is 11.9. The first kappa shape index (κ1) is 16.4. The second kappa shape index (κ2) is 7.22. The molecule has 21 heavy (non-hydrogen) atoms. The topological polar surface area (TPSA) is 126 Å². The van der Waals surface area contributed by atoms with Gasteiger partial charge in [0, 0.05) is 12.7 Å². The van der Waals surface area contributed by atoms with Crippen LogP contribution >= 0.6 is 0 Å². The van der Waals surface area contributed by atoms with Crippen LogP contribution in [0.1, 0.15) is 17.8 Å². The monoisotopic (exact) mass is 294 g/mol. The van der Waals surface area contributed by atoms with Crippen LogP contribution in [0.15, 0.2) is 18.2 Å².